The SMILES string of the molecule is COc1ccc(-n2c(SSc3c(CC(=O)O)n(-c4ccccc4)c(=O)n3-c3ccc(OC)cc3)c(CC(=O)O)n(-c3ccccc3)c2=O)cc1. The number of benzene rings is 4. The first kappa shape index (κ1) is 34.0. The maximum Gasteiger partial charge on any atom is 0.338 e. The molecule has 2 heterocycles. The van der Waals surface area contributed by atoms with Gasteiger partial charge in [0.1, 0.15) is 21.6 Å². The van der Waals surface area contributed by atoms with Gasteiger partial charge in [-0.1, -0.05) is 36.4 Å². The molecular weight excluding hydrogens is 681 g/mol. The maximum atomic E-state index is 14.3. The summed E-state index contributed by atoms with van der Waals surface area (Å²) in [6, 6.07) is 30.9. The maximum absolute atomic E-state index is 14.3. The van der Waals surface area contributed by atoms with Crippen LogP contribution < -0.4 is 20.9 Å². The number of rotatable bonds is 13. The zero-order valence-corrected chi connectivity index (χ0v) is 28.4. The van der Waals surface area contributed by atoms with Crippen molar-refractivity contribution < 1.29 is 29.3 Å². The number of imidazole rings is 2. The van der Waals surface area contributed by atoms with Gasteiger partial charge >= 0.3 is 23.3 Å². The minimum absolute atomic E-state index is 0.197. The zero-order valence-electron chi connectivity index (χ0n) is 26.8. The molecule has 6 rings (SSSR count). The number of para-hydroxylation sites is 2. The Labute approximate surface area is 293 Å². The lowest BCUT2D eigenvalue weighted by Gasteiger charge is -2.12. The van der Waals surface area contributed by atoms with E-state index in [0.29, 0.717) is 34.2 Å². The van der Waals surface area contributed by atoms with Crippen molar-refractivity contribution in [2.45, 2.75) is 22.9 Å². The summed E-state index contributed by atoms with van der Waals surface area (Å²) in [5, 5.41) is 20.7. The van der Waals surface area contributed by atoms with E-state index in [1.165, 1.54) is 32.5 Å². The lowest BCUT2D eigenvalue weighted by Crippen LogP contribution is -2.23. The molecule has 0 fully saturated rings. The highest BCUT2D eigenvalue weighted by Crippen LogP contribution is 2.43. The smallest absolute Gasteiger partial charge is 0.338 e. The molecule has 0 saturated heterocycles. The van der Waals surface area contributed by atoms with Gasteiger partial charge in [-0.25, -0.2) is 9.59 Å². The number of hydrogen-bond acceptors (Lipinski definition) is 8. The Morgan fingerprint density at radius 3 is 1.14 bits per heavy atom. The highest BCUT2D eigenvalue weighted by Gasteiger charge is 2.29. The lowest BCUT2D eigenvalue weighted by molar-refractivity contribution is -0.137. The van der Waals surface area contributed by atoms with Crippen LogP contribution >= 0.6 is 21.6 Å². The minimum Gasteiger partial charge on any atom is -0.497 e. The zero-order chi connectivity index (χ0) is 35.4. The van der Waals surface area contributed by atoms with Crippen LogP contribution in [-0.2, 0) is 22.4 Å². The monoisotopic (exact) mass is 710 g/mol. The summed E-state index contributed by atoms with van der Waals surface area (Å²) in [6.07, 6.45) is -1.01. The second kappa shape index (κ2) is 14.7. The Morgan fingerprint density at radius 1 is 0.520 bits per heavy atom. The predicted octanol–water partition coefficient (Wildman–Crippen LogP) is 5.64. The summed E-state index contributed by atoms with van der Waals surface area (Å²) < 4.78 is 16.1. The molecular formula is C36H30N4O8S2. The van der Waals surface area contributed by atoms with E-state index in [4.69, 9.17) is 9.47 Å². The molecule has 0 amide bonds. The van der Waals surface area contributed by atoms with Crippen LogP contribution in [0.3, 0.4) is 0 Å². The van der Waals surface area contributed by atoms with Crippen LogP contribution in [-0.4, -0.2) is 54.6 Å². The molecule has 4 aromatic carbocycles. The summed E-state index contributed by atoms with van der Waals surface area (Å²) in [5.41, 5.74) is 1.18. The van der Waals surface area contributed by atoms with E-state index < -0.39 is 36.2 Å². The average Bonchev–Trinajstić information content (AvgIpc) is 3.55. The van der Waals surface area contributed by atoms with Crippen molar-refractivity contribution in [1.82, 2.24) is 18.3 Å². The van der Waals surface area contributed by atoms with Gasteiger partial charge < -0.3 is 19.7 Å². The summed E-state index contributed by atoms with van der Waals surface area (Å²) in [6.45, 7) is 0. The first-order valence-electron chi connectivity index (χ1n) is 15.1. The molecule has 0 aliphatic heterocycles. The third-order valence-electron chi connectivity index (χ3n) is 7.73. The van der Waals surface area contributed by atoms with Gasteiger partial charge in [-0.2, -0.15) is 0 Å². The van der Waals surface area contributed by atoms with Gasteiger partial charge in [0, 0.05) is 0 Å². The Balaban J connectivity index is 1.60. The van der Waals surface area contributed by atoms with Crippen molar-refractivity contribution in [3.05, 3.63) is 142 Å². The van der Waals surface area contributed by atoms with Crippen molar-refractivity contribution in [1.29, 1.82) is 0 Å². The van der Waals surface area contributed by atoms with Crippen LogP contribution in [0.2, 0.25) is 0 Å². The van der Waals surface area contributed by atoms with E-state index >= 15 is 0 Å². The predicted molar refractivity (Wildman–Crippen MR) is 190 cm³/mol. The largest absolute Gasteiger partial charge is 0.497 e. The number of aromatic nitrogens is 4. The van der Waals surface area contributed by atoms with E-state index in [9.17, 15) is 29.4 Å². The highest BCUT2D eigenvalue weighted by molar-refractivity contribution is 8.76. The molecule has 0 unspecified atom stereocenters. The molecule has 6 aromatic rings. The number of carbonyl (C=O) groups is 2. The number of methoxy groups -OCH3 is 2. The molecule has 0 radical (unpaired) electrons. The van der Waals surface area contributed by atoms with Crippen molar-refractivity contribution in [3.8, 4) is 34.2 Å². The van der Waals surface area contributed by atoms with Crippen LogP contribution in [0.5, 0.6) is 11.5 Å². The summed E-state index contributed by atoms with van der Waals surface area (Å²) >= 11 is 0. The fraction of sp³-hybridized carbons (Fsp3) is 0.111. The number of carboxylic acids is 2. The van der Waals surface area contributed by atoms with Crippen molar-refractivity contribution >= 4 is 33.5 Å². The number of hydrogen-bond donors (Lipinski definition) is 2. The van der Waals surface area contributed by atoms with Gasteiger partial charge in [0.25, 0.3) is 0 Å². The van der Waals surface area contributed by atoms with E-state index in [-0.39, 0.29) is 21.4 Å². The number of nitrogens with zero attached hydrogens (tertiary/aromatic N) is 4. The molecule has 254 valence electrons. The molecule has 14 heteroatoms. The average molecular weight is 711 g/mol. The van der Waals surface area contributed by atoms with Crippen LogP contribution in [0.25, 0.3) is 22.7 Å². The third kappa shape index (κ3) is 6.70. The standard InChI is InChI=1S/C36H30N4O8S2/c1-47-27-17-13-25(14-18-27)39-33(29(21-31(41)42)37(35(39)45)23-9-5-3-6-10-23)49-50-34-30(22-32(43)44)38(24-11-7-4-8-12-24)36(46)40(34)26-15-19-28(48-2)20-16-26/h3-20H,21-22H2,1-2H3,(H,41,42)(H,43,44). The first-order chi connectivity index (χ1) is 24.2. The Bertz CT molecular complexity index is 2110. The van der Waals surface area contributed by atoms with Crippen LogP contribution in [0.15, 0.2) is 129 Å². The van der Waals surface area contributed by atoms with Crippen LogP contribution in [0.1, 0.15) is 11.4 Å². The van der Waals surface area contributed by atoms with Gasteiger partial charge in [-0.15, -0.1) is 0 Å². The summed E-state index contributed by atoms with van der Waals surface area (Å²) in [4.78, 5) is 53.2. The fourth-order valence-corrected chi connectivity index (χ4v) is 8.20. The second-order valence-electron chi connectivity index (χ2n) is 10.8. The minimum atomic E-state index is -1.16. The quantitative estimate of drug-likeness (QED) is 0.144. The molecule has 0 atom stereocenters. The van der Waals surface area contributed by atoms with E-state index in [0.717, 1.165) is 21.6 Å². The van der Waals surface area contributed by atoms with E-state index in [1.807, 2.05) is 0 Å². The van der Waals surface area contributed by atoms with Crippen molar-refractivity contribution in [2.75, 3.05) is 14.2 Å². The van der Waals surface area contributed by atoms with E-state index in [1.54, 1.807) is 109 Å². The van der Waals surface area contributed by atoms with Crippen LogP contribution in [0.4, 0.5) is 0 Å². The molecule has 0 bridgehead atoms. The van der Waals surface area contributed by atoms with Gasteiger partial charge in [-0.3, -0.25) is 27.9 Å². The number of aliphatic carboxylic acids is 2. The first-order valence-corrected chi connectivity index (χ1v) is 17.3. The second-order valence-corrected chi connectivity index (χ2v) is 12.9. The number of carboxylic acid groups (broad SMARTS) is 2. The van der Waals surface area contributed by atoms with Gasteiger partial charge in [0.15, 0.2) is 0 Å². The third-order valence-corrected chi connectivity index (χ3v) is 10.2. The van der Waals surface area contributed by atoms with Gasteiger partial charge in [-0.05, 0) is 94.4 Å². The normalized spacial score (nSPS) is 11.0. The summed E-state index contributed by atoms with van der Waals surface area (Å²) in [7, 11) is 5.15. The molecule has 50 heavy (non-hydrogen) atoms. The Morgan fingerprint density at radius 2 is 0.840 bits per heavy atom. The lowest BCUT2D eigenvalue weighted by atomic mass is 10.2. The topological polar surface area (TPSA) is 147 Å². The highest BCUT2D eigenvalue weighted by atomic mass is 33.1. The Kier molecular flexibility index (Phi) is 10.0. The van der Waals surface area contributed by atoms with Crippen LogP contribution in [0, 0.1) is 0 Å². The molecule has 0 aliphatic rings. The van der Waals surface area contributed by atoms with Gasteiger partial charge in [0.2, 0.25) is 0 Å². The summed E-state index contributed by atoms with van der Waals surface area (Å²) in [5.74, 6) is -1.21. The molecule has 12 nitrogen and oxygen atoms in total. The fourth-order valence-electron chi connectivity index (χ4n) is 5.50. The molecule has 0 saturated carbocycles. The van der Waals surface area contributed by atoms with Crippen molar-refractivity contribution in [3.63, 3.8) is 0 Å². The molecule has 2 aromatic heterocycles. The molecule has 2 N–H and O–H groups in total. The number of ether oxygens (including phenoxy) is 2. The van der Waals surface area contributed by atoms with Crippen molar-refractivity contribution in [2.24, 2.45) is 0 Å². The molecule has 0 aliphatic carbocycles. The van der Waals surface area contributed by atoms with E-state index in [2.05, 4.69) is 0 Å². The Hall–Kier alpha value is -5.86. The molecule has 0 spiro atoms. The van der Waals surface area contributed by atoms with Gasteiger partial charge in [0.05, 0.1) is 61.2 Å².